The van der Waals surface area contributed by atoms with E-state index in [0.717, 1.165) is 22.6 Å². The van der Waals surface area contributed by atoms with Crippen molar-refractivity contribution < 1.29 is 38.4 Å². The fourth-order valence-corrected chi connectivity index (χ4v) is 3.79. The number of fused-ring (bicyclic) bond motifs is 1. The van der Waals surface area contributed by atoms with E-state index in [1.165, 1.54) is 30.3 Å². The molecule has 0 radical (unpaired) electrons. The first kappa shape index (κ1) is 27.4. The van der Waals surface area contributed by atoms with Crippen molar-refractivity contribution in [3.8, 4) is 5.75 Å². The summed E-state index contributed by atoms with van der Waals surface area (Å²) in [5.41, 5.74) is 1.01. The molecule has 1 heterocycles. The van der Waals surface area contributed by atoms with Gasteiger partial charge in [0.05, 0.1) is 22.7 Å². The van der Waals surface area contributed by atoms with Gasteiger partial charge in [0.25, 0.3) is 23.4 Å². The monoisotopic (exact) mass is 546 g/mol. The second-order valence-electron chi connectivity index (χ2n) is 8.42. The Balaban J connectivity index is 1.27. The molecule has 0 spiro atoms. The third-order valence-corrected chi connectivity index (χ3v) is 5.74. The van der Waals surface area contributed by atoms with E-state index in [2.05, 4.69) is 15.4 Å². The predicted molar refractivity (Wildman–Crippen MR) is 139 cm³/mol. The summed E-state index contributed by atoms with van der Waals surface area (Å²) >= 11 is 0. The van der Waals surface area contributed by atoms with Crippen LogP contribution in [0.3, 0.4) is 0 Å². The molecule has 4 rings (SSSR count). The summed E-state index contributed by atoms with van der Waals surface area (Å²) in [5, 5.41) is 16.3. The van der Waals surface area contributed by atoms with Gasteiger partial charge in [0.2, 0.25) is 5.91 Å². The summed E-state index contributed by atoms with van der Waals surface area (Å²) in [6.07, 6.45) is -0.837. The number of nitro groups is 1. The van der Waals surface area contributed by atoms with Crippen molar-refractivity contribution in [3.63, 3.8) is 0 Å². The molecule has 13 heteroatoms. The normalized spacial score (nSPS) is 12.0. The summed E-state index contributed by atoms with van der Waals surface area (Å²) < 4.78 is 9.64. The van der Waals surface area contributed by atoms with Crippen molar-refractivity contribution in [1.82, 2.24) is 10.2 Å². The Kier molecular flexibility index (Phi) is 8.13. The summed E-state index contributed by atoms with van der Waals surface area (Å²) in [6, 6.07) is 15.8. The maximum Gasteiger partial charge on any atom is 0.513 e. The largest absolute Gasteiger partial charge is 0.513 e. The number of nitrogens with zero attached hydrogens (tertiary/aromatic N) is 2. The maximum atomic E-state index is 12.6. The Morgan fingerprint density at radius 2 is 1.60 bits per heavy atom. The Morgan fingerprint density at radius 3 is 2.25 bits per heavy atom. The molecule has 2 N–H and O–H groups in total. The van der Waals surface area contributed by atoms with Crippen LogP contribution < -0.4 is 15.4 Å². The molecule has 4 amide bonds. The van der Waals surface area contributed by atoms with Crippen LogP contribution in [-0.4, -0.2) is 52.8 Å². The molecule has 1 aliphatic heterocycles. The first-order valence-electron chi connectivity index (χ1n) is 11.9. The Labute approximate surface area is 226 Å². The van der Waals surface area contributed by atoms with E-state index in [4.69, 9.17) is 4.74 Å². The van der Waals surface area contributed by atoms with Crippen molar-refractivity contribution in [2.24, 2.45) is 0 Å². The van der Waals surface area contributed by atoms with Crippen molar-refractivity contribution in [3.05, 3.63) is 99.1 Å². The summed E-state index contributed by atoms with van der Waals surface area (Å²) in [4.78, 5) is 72.4. The van der Waals surface area contributed by atoms with Gasteiger partial charge in [0.1, 0.15) is 12.3 Å². The van der Waals surface area contributed by atoms with Crippen LogP contribution in [0.1, 0.15) is 43.6 Å². The zero-order valence-corrected chi connectivity index (χ0v) is 21.0. The van der Waals surface area contributed by atoms with E-state index < -0.39 is 35.3 Å². The number of amides is 4. The fraction of sp³-hybridized carbons (Fsp3) is 0.148. The van der Waals surface area contributed by atoms with Gasteiger partial charge in [-0.1, -0.05) is 12.1 Å². The lowest BCUT2D eigenvalue weighted by Gasteiger charge is -2.14. The molecular formula is C27H22N4O9. The number of hydrogen-bond acceptors (Lipinski definition) is 9. The molecule has 3 aromatic rings. The SMILES string of the molecule is CCOC(=O)Oc1ccc(C(=O)NCc2ccc(NC(=O)CN3C(=O)c4ccc([N+](=O)[O-])cc4C3=O)cc2)cc1. The van der Waals surface area contributed by atoms with Gasteiger partial charge in [-0.05, 0) is 55.0 Å². The minimum atomic E-state index is -0.837. The van der Waals surface area contributed by atoms with Gasteiger partial charge in [-0.25, -0.2) is 4.79 Å². The second kappa shape index (κ2) is 11.9. The first-order chi connectivity index (χ1) is 19.2. The van der Waals surface area contributed by atoms with Crippen LogP contribution in [0.5, 0.6) is 5.75 Å². The summed E-state index contributed by atoms with van der Waals surface area (Å²) in [5.74, 6) is -2.25. The van der Waals surface area contributed by atoms with E-state index >= 15 is 0 Å². The molecule has 13 nitrogen and oxygen atoms in total. The molecule has 40 heavy (non-hydrogen) atoms. The highest BCUT2D eigenvalue weighted by Crippen LogP contribution is 2.26. The quantitative estimate of drug-likeness (QED) is 0.134. The Bertz CT molecular complexity index is 1500. The van der Waals surface area contributed by atoms with Crippen LogP contribution in [0, 0.1) is 10.1 Å². The number of anilines is 1. The van der Waals surface area contributed by atoms with Crippen molar-refractivity contribution in [2.75, 3.05) is 18.5 Å². The number of carbonyl (C=O) groups excluding carboxylic acids is 5. The van der Waals surface area contributed by atoms with Crippen molar-refractivity contribution >= 4 is 41.2 Å². The predicted octanol–water partition coefficient (Wildman–Crippen LogP) is 3.29. The first-order valence-corrected chi connectivity index (χ1v) is 11.9. The number of hydrogen-bond donors (Lipinski definition) is 2. The number of nitro benzene ring substituents is 1. The van der Waals surface area contributed by atoms with E-state index in [1.54, 1.807) is 31.2 Å². The second-order valence-corrected chi connectivity index (χ2v) is 8.42. The van der Waals surface area contributed by atoms with Gasteiger partial charge in [0, 0.05) is 29.9 Å². The van der Waals surface area contributed by atoms with Gasteiger partial charge in [-0.2, -0.15) is 0 Å². The van der Waals surface area contributed by atoms with Gasteiger partial charge in [-0.15, -0.1) is 0 Å². The molecule has 0 saturated heterocycles. The standard InChI is InChI=1S/C27H22N4O9/c1-2-39-27(36)40-20-10-5-17(6-11-20)24(33)28-14-16-3-7-18(8-4-16)29-23(32)15-30-25(34)21-12-9-19(31(37)38)13-22(21)26(30)35/h3-13H,2,14-15H2,1H3,(H,28,33)(H,29,32). The maximum absolute atomic E-state index is 12.6. The molecule has 0 aliphatic carbocycles. The molecule has 0 unspecified atom stereocenters. The highest BCUT2D eigenvalue weighted by Gasteiger charge is 2.37. The number of ether oxygens (including phenoxy) is 2. The molecule has 0 fully saturated rings. The van der Waals surface area contributed by atoms with Gasteiger partial charge in [-0.3, -0.25) is 34.2 Å². The van der Waals surface area contributed by atoms with E-state index in [9.17, 15) is 34.1 Å². The molecule has 1 aliphatic rings. The zero-order valence-electron chi connectivity index (χ0n) is 21.0. The summed E-state index contributed by atoms with van der Waals surface area (Å²) in [7, 11) is 0. The smallest absolute Gasteiger partial charge is 0.434 e. The Morgan fingerprint density at radius 1 is 0.925 bits per heavy atom. The molecule has 0 aromatic heterocycles. The lowest BCUT2D eigenvalue weighted by Crippen LogP contribution is -2.37. The highest BCUT2D eigenvalue weighted by molar-refractivity contribution is 6.23. The average molecular weight is 546 g/mol. The average Bonchev–Trinajstić information content (AvgIpc) is 3.17. The van der Waals surface area contributed by atoms with E-state index in [-0.39, 0.29) is 41.6 Å². The van der Waals surface area contributed by atoms with E-state index in [1.807, 2.05) is 0 Å². The number of rotatable bonds is 9. The highest BCUT2D eigenvalue weighted by atomic mass is 16.7. The van der Waals surface area contributed by atoms with Crippen LogP contribution >= 0.6 is 0 Å². The van der Waals surface area contributed by atoms with E-state index in [0.29, 0.717) is 11.3 Å². The van der Waals surface area contributed by atoms with Crippen LogP contribution in [-0.2, 0) is 16.1 Å². The lowest BCUT2D eigenvalue weighted by molar-refractivity contribution is -0.384. The van der Waals surface area contributed by atoms with Gasteiger partial charge in [0.15, 0.2) is 0 Å². The van der Waals surface area contributed by atoms with Crippen molar-refractivity contribution in [1.29, 1.82) is 0 Å². The minimum Gasteiger partial charge on any atom is -0.434 e. The number of imide groups is 1. The molecular weight excluding hydrogens is 524 g/mol. The molecule has 3 aromatic carbocycles. The lowest BCUT2D eigenvalue weighted by atomic mass is 10.1. The molecule has 204 valence electrons. The van der Waals surface area contributed by atoms with Crippen LogP contribution in [0.2, 0.25) is 0 Å². The number of non-ortho nitro benzene ring substituents is 1. The zero-order chi connectivity index (χ0) is 28.8. The molecule has 0 atom stereocenters. The van der Waals surface area contributed by atoms with Crippen molar-refractivity contribution in [2.45, 2.75) is 13.5 Å². The number of nitrogens with one attached hydrogen (secondary N) is 2. The van der Waals surface area contributed by atoms with Gasteiger partial charge >= 0.3 is 6.16 Å². The van der Waals surface area contributed by atoms with Gasteiger partial charge < -0.3 is 20.1 Å². The van der Waals surface area contributed by atoms with Crippen LogP contribution in [0.4, 0.5) is 16.2 Å². The van der Waals surface area contributed by atoms with Crippen LogP contribution in [0.25, 0.3) is 0 Å². The topological polar surface area (TPSA) is 174 Å². The minimum absolute atomic E-state index is 0.00393. The number of carbonyl (C=O) groups is 5. The third-order valence-electron chi connectivity index (χ3n) is 5.74. The summed E-state index contributed by atoms with van der Waals surface area (Å²) in [6.45, 7) is 1.45. The third kappa shape index (κ3) is 6.27. The fourth-order valence-electron chi connectivity index (χ4n) is 3.79. The number of benzene rings is 3. The molecule has 0 saturated carbocycles. The molecule has 0 bridgehead atoms. The van der Waals surface area contributed by atoms with Crippen LogP contribution in [0.15, 0.2) is 66.7 Å². The Hall–Kier alpha value is -5.59.